The second kappa shape index (κ2) is 21.8. The SMILES string of the molecule is CC[C@H]1COCCN1CC[C@H](CSc1ccccc1)Cc1ccc(S(=O)(=O)CC(=O)c2ccc(N3CCC([C@@H](O)c4ccccc4-c4ccc(Cl)cc4)CC3)cc2)cc1S(=O)(=O)C(F)(F)F. The molecule has 2 aliphatic rings. The van der Waals surface area contributed by atoms with E-state index in [1.54, 1.807) is 12.1 Å². The maximum absolute atomic E-state index is 14.3. The molecule has 0 bridgehead atoms. The average Bonchev–Trinajstić information content (AvgIpc) is 3.32. The van der Waals surface area contributed by atoms with Crippen molar-refractivity contribution in [2.24, 2.45) is 11.8 Å². The largest absolute Gasteiger partial charge is 0.501 e. The lowest BCUT2D eigenvalue weighted by molar-refractivity contribution is -0.0436. The van der Waals surface area contributed by atoms with Crippen molar-refractivity contribution < 1.29 is 44.6 Å². The number of aliphatic hydroxyl groups is 1. The van der Waals surface area contributed by atoms with Crippen molar-refractivity contribution in [1.82, 2.24) is 4.90 Å². The molecule has 16 heteroatoms. The lowest BCUT2D eigenvalue weighted by Crippen LogP contribution is -2.45. The van der Waals surface area contributed by atoms with Gasteiger partial charge in [-0.3, -0.25) is 9.69 Å². The Kier molecular flexibility index (Phi) is 16.4. The molecule has 66 heavy (non-hydrogen) atoms. The van der Waals surface area contributed by atoms with Crippen molar-refractivity contribution in [3.05, 3.63) is 143 Å². The molecule has 9 nitrogen and oxygen atoms in total. The number of piperidine rings is 1. The minimum absolute atomic E-state index is 0.00411. The Morgan fingerprint density at radius 3 is 2.24 bits per heavy atom. The maximum Gasteiger partial charge on any atom is 0.501 e. The Bertz CT molecular complexity index is 2650. The zero-order valence-electron chi connectivity index (χ0n) is 36.6. The van der Waals surface area contributed by atoms with Gasteiger partial charge in [0.25, 0.3) is 9.84 Å². The number of alkyl halides is 3. The standard InChI is InChI=1S/C50H54ClF3N2O7S3/c1-2-41-32-63-29-28-56(41)25-22-35(33-64-43-8-4-3-5-9-43)30-39-16-21-44(31-48(39)66(61,62)50(52,53)54)65(59,60)34-47(57)37-14-19-42(20-15-37)55-26-23-38(24-27-55)49(58)46-11-7-6-10-45(46)36-12-17-40(51)18-13-36/h3-21,31,35,38,41,49,58H,2,22-30,32-34H2,1H3/t35-,41-,49+/m0/s1. The highest BCUT2D eigenvalue weighted by molar-refractivity contribution is 7.99. The summed E-state index contributed by atoms with van der Waals surface area (Å²) in [6.07, 6.45) is 2.06. The number of aliphatic hydroxyl groups excluding tert-OH is 1. The Morgan fingerprint density at radius 2 is 1.56 bits per heavy atom. The molecule has 0 radical (unpaired) electrons. The molecular formula is C50H54ClF3N2O7S3. The van der Waals surface area contributed by atoms with Crippen molar-refractivity contribution in [3.63, 3.8) is 0 Å². The average molecular weight is 984 g/mol. The van der Waals surface area contributed by atoms with Gasteiger partial charge in [0.15, 0.2) is 15.6 Å². The third-order valence-corrected chi connectivity index (χ3v) is 17.3. The predicted octanol–water partition coefficient (Wildman–Crippen LogP) is 10.4. The molecule has 0 unspecified atom stereocenters. The van der Waals surface area contributed by atoms with Gasteiger partial charge in [-0.15, -0.1) is 11.8 Å². The van der Waals surface area contributed by atoms with E-state index in [9.17, 15) is 39.9 Å². The van der Waals surface area contributed by atoms with Gasteiger partial charge in [-0.05, 0) is 133 Å². The van der Waals surface area contributed by atoms with Crippen LogP contribution < -0.4 is 4.90 Å². The van der Waals surface area contributed by atoms with Gasteiger partial charge < -0.3 is 14.7 Å². The Hall–Kier alpha value is -4.22. The number of hydrogen-bond acceptors (Lipinski definition) is 10. The van der Waals surface area contributed by atoms with Gasteiger partial charge >= 0.3 is 5.51 Å². The molecule has 0 aromatic heterocycles. The van der Waals surface area contributed by atoms with Crippen molar-refractivity contribution in [2.75, 3.05) is 55.8 Å². The van der Waals surface area contributed by atoms with E-state index in [0.29, 0.717) is 75.5 Å². The van der Waals surface area contributed by atoms with Crippen LogP contribution in [0.3, 0.4) is 0 Å². The van der Waals surface area contributed by atoms with E-state index in [2.05, 4.69) is 16.7 Å². The smallest absolute Gasteiger partial charge is 0.388 e. The molecule has 3 atom stereocenters. The predicted molar refractivity (Wildman–Crippen MR) is 255 cm³/mol. The Labute approximate surface area is 395 Å². The third kappa shape index (κ3) is 12.1. The van der Waals surface area contributed by atoms with Crippen LogP contribution in [0.5, 0.6) is 0 Å². The van der Waals surface area contributed by atoms with E-state index in [-0.39, 0.29) is 35.4 Å². The van der Waals surface area contributed by atoms with Crippen LogP contribution in [0.1, 0.15) is 60.2 Å². The first-order chi connectivity index (χ1) is 31.5. The Balaban J connectivity index is 1.03. The number of ketones is 1. The zero-order chi connectivity index (χ0) is 47.1. The van der Waals surface area contributed by atoms with Crippen LogP contribution in [-0.2, 0) is 30.8 Å². The molecule has 2 fully saturated rings. The van der Waals surface area contributed by atoms with Crippen LogP contribution in [0.15, 0.2) is 136 Å². The molecule has 0 amide bonds. The first-order valence-electron chi connectivity index (χ1n) is 22.1. The van der Waals surface area contributed by atoms with Crippen LogP contribution in [-0.4, -0.2) is 95.1 Å². The molecule has 5 aromatic carbocycles. The number of halogens is 4. The van der Waals surface area contributed by atoms with Crippen LogP contribution >= 0.6 is 23.4 Å². The molecule has 0 saturated carbocycles. The minimum atomic E-state index is -5.99. The normalized spacial score (nSPS) is 17.7. The number of nitrogens with zero attached hydrogens (tertiary/aromatic N) is 2. The molecule has 2 aliphatic heterocycles. The number of thioether (sulfide) groups is 1. The van der Waals surface area contributed by atoms with Gasteiger partial charge in [0, 0.05) is 52.6 Å². The fourth-order valence-electron chi connectivity index (χ4n) is 8.84. The number of carbonyl (C=O) groups excluding carboxylic acids is 1. The molecule has 5 aromatic rings. The molecule has 0 spiro atoms. The molecular weight excluding hydrogens is 929 g/mol. The van der Waals surface area contributed by atoms with Gasteiger partial charge in [-0.25, -0.2) is 16.8 Å². The first kappa shape index (κ1) is 49.7. The summed E-state index contributed by atoms with van der Waals surface area (Å²) in [6, 6.07) is 34.2. The summed E-state index contributed by atoms with van der Waals surface area (Å²) >= 11 is 7.63. The molecule has 1 N–H and O–H groups in total. The molecule has 2 saturated heterocycles. The third-order valence-electron chi connectivity index (χ3n) is 12.7. The second-order valence-electron chi connectivity index (χ2n) is 17.0. The molecule has 2 heterocycles. The van der Waals surface area contributed by atoms with Crippen LogP contribution in [0.4, 0.5) is 18.9 Å². The fraction of sp³-hybridized carbons (Fsp3) is 0.380. The van der Waals surface area contributed by atoms with E-state index in [0.717, 1.165) is 45.8 Å². The number of ether oxygens (including phenoxy) is 1. The lowest BCUT2D eigenvalue weighted by atomic mass is 9.84. The topological polar surface area (TPSA) is 121 Å². The van der Waals surface area contributed by atoms with E-state index in [1.165, 1.54) is 23.9 Å². The van der Waals surface area contributed by atoms with E-state index < -0.39 is 52.6 Å². The van der Waals surface area contributed by atoms with Crippen molar-refractivity contribution >= 4 is 54.5 Å². The van der Waals surface area contributed by atoms with Gasteiger partial charge in [-0.2, -0.15) is 13.2 Å². The summed E-state index contributed by atoms with van der Waals surface area (Å²) in [5, 5.41) is 12.2. The van der Waals surface area contributed by atoms with Gasteiger partial charge in [0.2, 0.25) is 0 Å². The molecule has 0 aliphatic carbocycles. The summed E-state index contributed by atoms with van der Waals surface area (Å²) in [4.78, 5) is 17.0. The molecule has 7 rings (SSSR count). The zero-order valence-corrected chi connectivity index (χ0v) is 39.8. The van der Waals surface area contributed by atoms with Gasteiger partial charge in [0.1, 0.15) is 5.75 Å². The highest BCUT2D eigenvalue weighted by Crippen LogP contribution is 2.39. The van der Waals surface area contributed by atoms with Crippen LogP contribution in [0.2, 0.25) is 5.02 Å². The second-order valence-corrected chi connectivity index (χ2v) is 22.4. The highest BCUT2D eigenvalue weighted by Gasteiger charge is 2.48. The summed E-state index contributed by atoms with van der Waals surface area (Å²) < 4.78 is 102. The van der Waals surface area contributed by atoms with Crippen molar-refractivity contribution in [2.45, 2.75) is 71.4 Å². The number of rotatable bonds is 18. The summed E-state index contributed by atoms with van der Waals surface area (Å²) in [6.45, 7) is 5.79. The lowest BCUT2D eigenvalue weighted by Gasteiger charge is -2.36. The summed E-state index contributed by atoms with van der Waals surface area (Å²) in [5.74, 6) is -1.67. The van der Waals surface area contributed by atoms with E-state index >= 15 is 0 Å². The first-order valence-corrected chi connectivity index (χ1v) is 26.6. The monoisotopic (exact) mass is 982 g/mol. The van der Waals surface area contributed by atoms with Gasteiger partial charge in [0.05, 0.1) is 29.1 Å². The number of anilines is 1. The molecule has 352 valence electrons. The Morgan fingerprint density at radius 1 is 0.879 bits per heavy atom. The summed E-state index contributed by atoms with van der Waals surface area (Å²) in [5.41, 5.74) is -2.22. The maximum atomic E-state index is 14.3. The highest BCUT2D eigenvalue weighted by atomic mass is 35.5. The number of benzene rings is 5. The fourth-order valence-corrected chi connectivity index (χ4v) is 12.4. The number of Topliss-reactive ketones (excluding diaryl/α,β-unsaturated/α-hetero) is 1. The van der Waals surface area contributed by atoms with Crippen LogP contribution in [0, 0.1) is 11.8 Å². The van der Waals surface area contributed by atoms with Gasteiger partial charge in [-0.1, -0.05) is 79.2 Å². The van der Waals surface area contributed by atoms with E-state index in [4.69, 9.17) is 16.3 Å². The number of sulfone groups is 2. The van der Waals surface area contributed by atoms with Crippen molar-refractivity contribution in [1.29, 1.82) is 0 Å². The number of morpholine rings is 1. The number of hydrogen-bond donors (Lipinski definition) is 1. The summed E-state index contributed by atoms with van der Waals surface area (Å²) in [7, 11) is -10.6. The minimum Gasteiger partial charge on any atom is -0.388 e. The van der Waals surface area contributed by atoms with Crippen molar-refractivity contribution in [3.8, 4) is 11.1 Å². The van der Waals surface area contributed by atoms with Crippen LogP contribution in [0.25, 0.3) is 11.1 Å². The number of carbonyl (C=O) groups is 1. The van der Waals surface area contributed by atoms with E-state index in [1.807, 2.05) is 78.9 Å². The quantitative estimate of drug-likeness (QED) is 0.0671.